The number of rotatable bonds is 5. The predicted molar refractivity (Wildman–Crippen MR) is 214 cm³/mol. The second kappa shape index (κ2) is 11.8. The lowest BCUT2D eigenvalue weighted by Crippen LogP contribution is -2.16. The van der Waals surface area contributed by atoms with Crippen molar-refractivity contribution >= 4 is 21.9 Å². The SMILES string of the molecule is CC1(C)c2ccccc2-c2cccc(-c3nc(-c4ccc(-c5ccccc5)cc4-c4ccccc4)cc(-c4cccc5c4oc4ccccc45)n3)c21. The van der Waals surface area contributed by atoms with Crippen molar-refractivity contribution in [2.24, 2.45) is 0 Å². The molecule has 246 valence electrons. The largest absolute Gasteiger partial charge is 0.455 e. The molecule has 10 rings (SSSR count). The van der Waals surface area contributed by atoms with Crippen LogP contribution in [0.3, 0.4) is 0 Å². The number of furan rings is 1. The van der Waals surface area contributed by atoms with Gasteiger partial charge in [-0.15, -0.1) is 0 Å². The highest BCUT2D eigenvalue weighted by Gasteiger charge is 2.38. The third-order valence-electron chi connectivity index (χ3n) is 10.7. The smallest absolute Gasteiger partial charge is 0.160 e. The van der Waals surface area contributed by atoms with Crippen LogP contribution in [0.5, 0.6) is 0 Å². The number of benzene rings is 7. The van der Waals surface area contributed by atoms with E-state index in [0.717, 1.165) is 66.7 Å². The van der Waals surface area contributed by atoms with Crippen molar-refractivity contribution in [2.45, 2.75) is 19.3 Å². The normalized spacial score (nSPS) is 13.0. The monoisotopic (exact) mass is 666 g/mol. The summed E-state index contributed by atoms with van der Waals surface area (Å²) in [5, 5.41) is 2.17. The summed E-state index contributed by atoms with van der Waals surface area (Å²) in [6.07, 6.45) is 0. The van der Waals surface area contributed by atoms with E-state index in [-0.39, 0.29) is 5.41 Å². The van der Waals surface area contributed by atoms with Gasteiger partial charge in [0.1, 0.15) is 11.2 Å². The maximum Gasteiger partial charge on any atom is 0.160 e. The maximum absolute atomic E-state index is 6.58. The number of fused-ring (bicyclic) bond motifs is 6. The van der Waals surface area contributed by atoms with Crippen molar-refractivity contribution in [3.63, 3.8) is 0 Å². The van der Waals surface area contributed by atoms with Crippen LogP contribution in [-0.2, 0) is 5.41 Å². The van der Waals surface area contributed by atoms with Crippen LogP contribution >= 0.6 is 0 Å². The van der Waals surface area contributed by atoms with Crippen molar-refractivity contribution in [1.29, 1.82) is 0 Å². The molecule has 1 aliphatic rings. The number of hydrogen-bond donors (Lipinski definition) is 0. The minimum atomic E-state index is -0.229. The Balaban J connectivity index is 1.26. The fourth-order valence-electron chi connectivity index (χ4n) is 8.26. The van der Waals surface area contributed by atoms with Gasteiger partial charge in [-0.25, -0.2) is 9.97 Å². The van der Waals surface area contributed by atoms with Gasteiger partial charge < -0.3 is 4.42 Å². The van der Waals surface area contributed by atoms with E-state index in [0.29, 0.717) is 5.82 Å². The molecular formula is C49H34N2O. The van der Waals surface area contributed by atoms with Gasteiger partial charge in [0.15, 0.2) is 5.82 Å². The van der Waals surface area contributed by atoms with E-state index < -0.39 is 0 Å². The molecule has 0 unspecified atom stereocenters. The van der Waals surface area contributed by atoms with Gasteiger partial charge in [-0.3, -0.25) is 0 Å². The first kappa shape index (κ1) is 30.3. The molecule has 0 radical (unpaired) electrons. The van der Waals surface area contributed by atoms with Crippen LogP contribution in [0.15, 0.2) is 174 Å². The highest BCUT2D eigenvalue weighted by molar-refractivity contribution is 6.09. The molecule has 0 spiro atoms. The summed E-state index contributed by atoms with van der Waals surface area (Å²) in [7, 11) is 0. The zero-order chi connectivity index (χ0) is 34.8. The first-order chi connectivity index (χ1) is 25.5. The third-order valence-corrected chi connectivity index (χ3v) is 10.7. The second-order valence-electron chi connectivity index (χ2n) is 14.1. The molecule has 0 bridgehead atoms. The zero-order valence-corrected chi connectivity index (χ0v) is 29.0. The fourth-order valence-corrected chi connectivity index (χ4v) is 8.26. The highest BCUT2D eigenvalue weighted by atomic mass is 16.3. The molecule has 9 aromatic rings. The van der Waals surface area contributed by atoms with Crippen LogP contribution in [0.25, 0.3) is 89.2 Å². The Bertz CT molecular complexity index is 2810. The topological polar surface area (TPSA) is 38.9 Å². The highest BCUT2D eigenvalue weighted by Crippen LogP contribution is 2.52. The molecule has 1 aliphatic carbocycles. The molecule has 7 aromatic carbocycles. The quantitative estimate of drug-likeness (QED) is 0.183. The predicted octanol–water partition coefficient (Wildman–Crippen LogP) is 13.0. The number of aromatic nitrogens is 2. The average molecular weight is 667 g/mol. The van der Waals surface area contributed by atoms with Crippen LogP contribution in [0.1, 0.15) is 25.0 Å². The van der Waals surface area contributed by atoms with Crippen molar-refractivity contribution < 1.29 is 4.42 Å². The summed E-state index contributed by atoms with van der Waals surface area (Å²) in [6, 6.07) is 59.9. The van der Waals surface area contributed by atoms with Crippen LogP contribution in [0.4, 0.5) is 0 Å². The summed E-state index contributed by atoms with van der Waals surface area (Å²) in [5.41, 5.74) is 15.8. The molecule has 0 atom stereocenters. The molecular weight excluding hydrogens is 633 g/mol. The van der Waals surface area contributed by atoms with E-state index in [1.807, 2.05) is 12.1 Å². The van der Waals surface area contributed by atoms with E-state index in [4.69, 9.17) is 14.4 Å². The minimum absolute atomic E-state index is 0.229. The summed E-state index contributed by atoms with van der Waals surface area (Å²) < 4.78 is 6.58. The molecule has 0 fully saturated rings. The summed E-state index contributed by atoms with van der Waals surface area (Å²) in [4.78, 5) is 10.9. The van der Waals surface area contributed by atoms with Crippen molar-refractivity contribution in [2.75, 3.05) is 0 Å². The van der Waals surface area contributed by atoms with E-state index >= 15 is 0 Å². The average Bonchev–Trinajstić information content (AvgIpc) is 3.70. The number of hydrogen-bond acceptors (Lipinski definition) is 3. The van der Waals surface area contributed by atoms with Gasteiger partial charge in [-0.05, 0) is 68.8 Å². The van der Waals surface area contributed by atoms with Gasteiger partial charge in [0, 0.05) is 32.9 Å². The van der Waals surface area contributed by atoms with E-state index in [9.17, 15) is 0 Å². The second-order valence-corrected chi connectivity index (χ2v) is 14.1. The maximum atomic E-state index is 6.58. The lowest BCUT2D eigenvalue weighted by molar-refractivity contribution is 0.661. The zero-order valence-electron chi connectivity index (χ0n) is 29.0. The molecule has 2 aromatic heterocycles. The van der Waals surface area contributed by atoms with Crippen molar-refractivity contribution in [3.05, 3.63) is 181 Å². The van der Waals surface area contributed by atoms with Gasteiger partial charge >= 0.3 is 0 Å². The molecule has 0 amide bonds. The first-order valence-corrected chi connectivity index (χ1v) is 17.8. The van der Waals surface area contributed by atoms with Crippen LogP contribution in [0.2, 0.25) is 0 Å². The summed E-state index contributed by atoms with van der Waals surface area (Å²) >= 11 is 0. The molecule has 3 heteroatoms. The van der Waals surface area contributed by atoms with Crippen molar-refractivity contribution in [1.82, 2.24) is 9.97 Å². The lowest BCUT2D eigenvalue weighted by Gasteiger charge is -2.24. The van der Waals surface area contributed by atoms with Crippen LogP contribution < -0.4 is 0 Å². The molecule has 0 N–H and O–H groups in total. The minimum Gasteiger partial charge on any atom is -0.455 e. The Hall–Kier alpha value is -6.58. The molecule has 0 saturated heterocycles. The van der Waals surface area contributed by atoms with Crippen LogP contribution in [0, 0.1) is 0 Å². The lowest BCUT2D eigenvalue weighted by atomic mass is 9.80. The number of para-hydroxylation sites is 2. The van der Waals surface area contributed by atoms with Crippen LogP contribution in [-0.4, -0.2) is 9.97 Å². The van der Waals surface area contributed by atoms with Gasteiger partial charge in [0.05, 0.1) is 11.4 Å². The van der Waals surface area contributed by atoms with Gasteiger partial charge in [-0.2, -0.15) is 0 Å². The molecule has 0 aliphatic heterocycles. The van der Waals surface area contributed by atoms with Gasteiger partial charge in [0.2, 0.25) is 0 Å². The standard InChI is InChI=1S/C49H34N2O/c1-49(2)42-25-11-9-19-34(42)37-21-13-24-40(46(37)49)48-50-43(30-44(51-48)39-23-14-22-38-36-20-10-12-26-45(36)52-47(38)39)35-28-27-33(31-15-5-3-6-16-31)29-41(35)32-17-7-4-8-18-32/h3-30H,1-2H3. The Kier molecular flexibility index (Phi) is 6.84. The Labute approximate surface area is 302 Å². The first-order valence-electron chi connectivity index (χ1n) is 17.8. The Morgan fingerprint density at radius 3 is 1.87 bits per heavy atom. The van der Waals surface area contributed by atoms with E-state index in [1.165, 1.54) is 27.8 Å². The molecule has 0 saturated carbocycles. The molecule has 2 heterocycles. The van der Waals surface area contributed by atoms with Gasteiger partial charge in [-0.1, -0.05) is 159 Å². The number of nitrogens with zero attached hydrogens (tertiary/aromatic N) is 2. The summed E-state index contributed by atoms with van der Waals surface area (Å²) in [5.74, 6) is 0.699. The third kappa shape index (κ3) is 4.74. The van der Waals surface area contributed by atoms with E-state index in [1.54, 1.807) is 0 Å². The Morgan fingerprint density at radius 2 is 1.04 bits per heavy atom. The Morgan fingerprint density at radius 1 is 0.423 bits per heavy atom. The molecule has 52 heavy (non-hydrogen) atoms. The van der Waals surface area contributed by atoms with Gasteiger partial charge in [0.25, 0.3) is 0 Å². The van der Waals surface area contributed by atoms with E-state index in [2.05, 4.69) is 172 Å². The molecule has 3 nitrogen and oxygen atoms in total. The summed E-state index contributed by atoms with van der Waals surface area (Å²) in [6.45, 7) is 4.63. The fraction of sp³-hybridized carbons (Fsp3) is 0.0612. The van der Waals surface area contributed by atoms with Crippen molar-refractivity contribution in [3.8, 4) is 67.3 Å².